The second-order valence-electron chi connectivity index (χ2n) is 1.63. The molecule has 0 aliphatic carbocycles. The van der Waals surface area contributed by atoms with Crippen molar-refractivity contribution < 1.29 is 4.74 Å². The van der Waals surface area contributed by atoms with Crippen LogP contribution in [0.15, 0.2) is 0 Å². The van der Waals surface area contributed by atoms with Crippen molar-refractivity contribution in [3.8, 4) is 6.19 Å². The molecule has 0 amide bonds. The number of rotatable bonds is 3. The van der Waals surface area contributed by atoms with Crippen LogP contribution in [0.4, 0.5) is 0 Å². The van der Waals surface area contributed by atoms with Crippen molar-refractivity contribution in [2.75, 3.05) is 20.3 Å². The summed E-state index contributed by atoms with van der Waals surface area (Å²) in [5, 5.41) is 15.2. The van der Waals surface area contributed by atoms with E-state index in [-0.39, 0.29) is 5.96 Å². The summed E-state index contributed by atoms with van der Waals surface area (Å²) >= 11 is 0. The molecule has 0 bridgehead atoms. The number of guanidine groups is 1. The van der Waals surface area contributed by atoms with Gasteiger partial charge in [-0.25, -0.2) is 4.90 Å². The van der Waals surface area contributed by atoms with E-state index in [1.165, 1.54) is 7.11 Å². The van der Waals surface area contributed by atoms with Gasteiger partial charge in [-0.1, -0.05) is 0 Å². The van der Waals surface area contributed by atoms with Gasteiger partial charge in [-0.3, -0.25) is 5.41 Å². The quantitative estimate of drug-likeness (QED) is 0.236. The first-order valence-electron chi connectivity index (χ1n) is 2.72. The van der Waals surface area contributed by atoms with E-state index in [2.05, 4.69) is 4.74 Å². The predicted octanol–water partition coefficient (Wildman–Crippen LogP) is -0.691. The number of nitrogens with zero attached hydrogens (tertiary/aromatic N) is 2. The second-order valence-corrected chi connectivity index (χ2v) is 1.63. The van der Waals surface area contributed by atoms with E-state index in [0.29, 0.717) is 13.2 Å². The molecule has 0 fully saturated rings. The van der Waals surface area contributed by atoms with Crippen LogP contribution in [0.25, 0.3) is 0 Å². The van der Waals surface area contributed by atoms with E-state index in [9.17, 15) is 0 Å². The lowest BCUT2D eigenvalue weighted by atomic mass is 10.6. The highest BCUT2D eigenvalue weighted by atomic mass is 16.5. The SMILES string of the molecule is COCCN(C#N)C(=N)N. The van der Waals surface area contributed by atoms with E-state index in [0.717, 1.165) is 4.90 Å². The van der Waals surface area contributed by atoms with Crippen molar-refractivity contribution in [2.24, 2.45) is 5.73 Å². The van der Waals surface area contributed by atoms with Crippen LogP contribution in [-0.2, 0) is 4.74 Å². The first-order chi connectivity index (χ1) is 4.72. The van der Waals surface area contributed by atoms with Gasteiger partial charge >= 0.3 is 0 Å². The van der Waals surface area contributed by atoms with Crippen LogP contribution in [0, 0.1) is 16.9 Å². The first kappa shape index (κ1) is 8.72. The van der Waals surface area contributed by atoms with Crippen LogP contribution >= 0.6 is 0 Å². The topological polar surface area (TPSA) is 86.1 Å². The molecule has 0 aromatic carbocycles. The van der Waals surface area contributed by atoms with Gasteiger partial charge in [-0.05, 0) is 0 Å². The summed E-state index contributed by atoms with van der Waals surface area (Å²) in [4.78, 5) is 1.05. The van der Waals surface area contributed by atoms with Gasteiger partial charge in [-0.15, -0.1) is 0 Å². The van der Waals surface area contributed by atoms with Crippen LogP contribution < -0.4 is 5.73 Å². The molecule has 0 aliphatic heterocycles. The van der Waals surface area contributed by atoms with Gasteiger partial charge in [0.25, 0.3) is 0 Å². The third kappa shape index (κ3) is 2.89. The summed E-state index contributed by atoms with van der Waals surface area (Å²) in [5.74, 6) is -0.250. The Morgan fingerprint density at radius 3 is 2.80 bits per heavy atom. The van der Waals surface area contributed by atoms with Crippen molar-refractivity contribution in [3.05, 3.63) is 0 Å². The number of nitrogens with two attached hydrogens (primary N) is 1. The summed E-state index contributed by atoms with van der Waals surface area (Å²) in [6.45, 7) is 0.732. The zero-order valence-electron chi connectivity index (χ0n) is 5.79. The van der Waals surface area contributed by atoms with E-state index >= 15 is 0 Å². The second kappa shape index (κ2) is 4.58. The minimum Gasteiger partial charge on any atom is -0.383 e. The van der Waals surface area contributed by atoms with E-state index in [1.807, 2.05) is 0 Å². The highest BCUT2D eigenvalue weighted by molar-refractivity contribution is 5.76. The predicted molar refractivity (Wildman–Crippen MR) is 36.1 cm³/mol. The molecule has 0 atom stereocenters. The van der Waals surface area contributed by atoms with Crippen molar-refractivity contribution in [3.63, 3.8) is 0 Å². The minimum absolute atomic E-state index is 0.250. The summed E-state index contributed by atoms with van der Waals surface area (Å²) in [6, 6.07) is 0. The smallest absolute Gasteiger partial charge is 0.201 e. The maximum absolute atomic E-state index is 8.32. The van der Waals surface area contributed by atoms with E-state index in [1.54, 1.807) is 6.19 Å². The van der Waals surface area contributed by atoms with E-state index in [4.69, 9.17) is 16.4 Å². The lowest BCUT2D eigenvalue weighted by Crippen LogP contribution is -2.34. The Morgan fingerprint density at radius 1 is 1.90 bits per heavy atom. The Kier molecular flexibility index (Phi) is 4.00. The summed E-state index contributed by atoms with van der Waals surface area (Å²) in [5.41, 5.74) is 5.02. The molecular formula is C5H10N4O. The Morgan fingerprint density at radius 2 is 2.50 bits per heavy atom. The molecule has 0 heterocycles. The molecule has 3 N–H and O–H groups in total. The number of methoxy groups -OCH3 is 1. The lowest BCUT2D eigenvalue weighted by molar-refractivity contribution is 0.187. The highest BCUT2D eigenvalue weighted by Gasteiger charge is 2.01. The molecular weight excluding hydrogens is 132 g/mol. The molecule has 0 spiro atoms. The van der Waals surface area contributed by atoms with Crippen LogP contribution in [0.1, 0.15) is 0 Å². The van der Waals surface area contributed by atoms with Crippen molar-refractivity contribution in [2.45, 2.75) is 0 Å². The first-order valence-corrected chi connectivity index (χ1v) is 2.72. The number of nitriles is 1. The van der Waals surface area contributed by atoms with E-state index < -0.39 is 0 Å². The Labute approximate surface area is 59.5 Å². The molecule has 0 unspecified atom stereocenters. The third-order valence-corrected chi connectivity index (χ3v) is 0.931. The number of hydrogen-bond donors (Lipinski definition) is 2. The molecule has 5 nitrogen and oxygen atoms in total. The molecule has 0 saturated carbocycles. The molecule has 0 aromatic heterocycles. The zero-order chi connectivity index (χ0) is 7.98. The standard InChI is InChI=1S/C5H10N4O/c1-10-3-2-9(4-6)5(7)8/h2-3H2,1H3,(H3,7,8). The molecule has 0 radical (unpaired) electrons. The van der Waals surface area contributed by atoms with Gasteiger partial charge in [-0.2, -0.15) is 5.26 Å². The molecule has 0 rings (SSSR count). The van der Waals surface area contributed by atoms with Gasteiger partial charge in [0.1, 0.15) is 0 Å². The normalized spacial score (nSPS) is 8.40. The monoisotopic (exact) mass is 142 g/mol. The minimum atomic E-state index is -0.250. The van der Waals surface area contributed by atoms with Crippen molar-refractivity contribution in [1.82, 2.24) is 4.90 Å². The number of nitrogens with one attached hydrogen (secondary N) is 1. The number of ether oxygens (including phenoxy) is 1. The molecule has 0 aromatic rings. The van der Waals surface area contributed by atoms with Crippen LogP contribution in [0.2, 0.25) is 0 Å². The zero-order valence-corrected chi connectivity index (χ0v) is 5.79. The fourth-order valence-corrected chi connectivity index (χ4v) is 0.407. The van der Waals surface area contributed by atoms with Crippen molar-refractivity contribution >= 4 is 5.96 Å². The van der Waals surface area contributed by atoms with Crippen LogP contribution in [0.3, 0.4) is 0 Å². The molecule has 0 aliphatic rings. The molecule has 0 saturated heterocycles. The van der Waals surface area contributed by atoms with Gasteiger partial charge in [0.05, 0.1) is 13.2 Å². The van der Waals surface area contributed by atoms with Gasteiger partial charge in [0.2, 0.25) is 5.96 Å². The Hall–Kier alpha value is -1.28. The summed E-state index contributed by atoms with van der Waals surface area (Å²) in [6.07, 6.45) is 1.74. The van der Waals surface area contributed by atoms with Crippen LogP contribution in [0.5, 0.6) is 0 Å². The van der Waals surface area contributed by atoms with Gasteiger partial charge < -0.3 is 10.5 Å². The summed E-state index contributed by atoms with van der Waals surface area (Å²) < 4.78 is 4.68. The molecule has 10 heavy (non-hydrogen) atoms. The average molecular weight is 142 g/mol. The highest BCUT2D eigenvalue weighted by Crippen LogP contribution is 1.81. The molecule has 56 valence electrons. The Balaban J connectivity index is 3.64. The average Bonchev–Trinajstić information content (AvgIpc) is 1.89. The molecule has 5 heteroatoms. The van der Waals surface area contributed by atoms with Crippen molar-refractivity contribution in [1.29, 1.82) is 10.7 Å². The third-order valence-electron chi connectivity index (χ3n) is 0.931. The summed E-state index contributed by atoms with van der Waals surface area (Å²) in [7, 11) is 1.52. The Bertz CT molecular complexity index is 150. The number of hydrogen-bond acceptors (Lipinski definition) is 3. The fourth-order valence-electron chi connectivity index (χ4n) is 0.407. The van der Waals surface area contributed by atoms with Gasteiger partial charge in [0.15, 0.2) is 6.19 Å². The maximum Gasteiger partial charge on any atom is 0.201 e. The largest absolute Gasteiger partial charge is 0.383 e. The lowest BCUT2D eigenvalue weighted by Gasteiger charge is -2.10. The van der Waals surface area contributed by atoms with Gasteiger partial charge in [0, 0.05) is 7.11 Å². The maximum atomic E-state index is 8.32. The van der Waals surface area contributed by atoms with Crippen LogP contribution in [-0.4, -0.2) is 31.1 Å². The fraction of sp³-hybridized carbons (Fsp3) is 0.600.